The molecule has 0 saturated carbocycles. The second kappa shape index (κ2) is 7.02. The Morgan fingerprint density at radius 1 is 1.15 bits per heavy atom. The van der Waals surface area contributed by atoms with Crippen molar-refractivity contribution >= 4 is 57.6 Å². The minimum atomic E-state index is -4.71. The average Bonchev–Trinajstić information content (AvgIpc) is 2.81. The van der Waals surface area contributed by atoms with Gasteiger partial charge in [-0.1, -0.05) is 47.7 Å². The summed E-state index contributed by atoms with van der Waals surface area (Å²) in [6, 6.07) is 8.57. The number of benzene rings is 2. The number of hydrogen-bond acceptors (Lipinski definition) is 3. The first-order valence-corrected chi connectivity index (χ1v) is 8.67. The van der Waals surface area contributed by atoms with Crippen LogP contribution in [-0.2, 0) is 11.0 Å². The van der Waals surface area contributed by atoms with Gasteiger partial charge in [0.2, 0.25) is 0 Å². The van der Waals surface area contributed by atoms with Crippen LogP contribution in [-0.4, -0.2) is 10.2 Å². The number of halogens is 5. The number of nitrogens with zero attached hydrogens (tertiary/aromatic N) is 1. The summed E-state index contributed by atoms with van der Waals surface area (Å²) in [6.45, 7) is 0. The molecule has 2 aromatic rings. The van der Waals surface area contributed by atoms with Gasteiger partial charge in [-0.25, -0.2) is 4.39 Å². The molecule has 1 amide bonds. The Kier molecular flexibility index (Phi) is 5.09. The van der Waals surface area contributed by atoms with Crippen LogP contribution in [0.5, 0.6) is 0 Å². The van der Waals surface area contributed by atoms with Gasteiger partial charge in [0.25, 0.3) is 5.91 Å². The zero-order valence-electron chi connectivity index (χ0n) is 12.7. The summed E-state index contributed by atoms with van der Waals surface area (Å²) >= 11 is 11.6. The van der Waals surface area contributed by atoms with E-state index in [0.29, 0.717) is 5.56 Å². The number of thioether (sulfide) groups is 1. The molecule has 134 valence electrons. The Labute approximate surface area is 160 Å². The molecule has 1 heterocycles. The smallest absolute Gasteiger partial charge is 0.268 e. The third kappa shape index (κ3) is 3.77. The van der Waals surface area contributed by atoms with Gasteiger partial charge < -0.3 is 0 Å². The zero-order chi connectivity index (χ0) is 19.1. The molecule has 1 fully saturated rings. The number of alkyl halides is 3. The van der Waals surface area contributed by atoms with E-state index in [1.807, 2.05) is 0 Å². The lowest BCUT2D eigenvalue weighted by Crippen LogP contribution is -2.29. The van der Waals surface area contributed by atoms with Gasteiger partial charge in [0.15, 0.2) is 4.32 Å². The number of carbonyl (C=O) groups excluding carboxylic acids is 1. The summed E-state index contributed by atoms with van der Waals surface area (Å²) < 4.78 is 53.2. The van der Waals surface area contributed by atoms with Crippen molar-refractivity contribution in [1.82, 2.24) is 0 Å². The Bertz CT molecular complexity index is 943. The number of hydrogen-bond donors (Lipinski definition) is 0. The summed E-state index contributed by atoms with van der Waals surface area (Å²) in [5.41, 5.74) is -1.06. The highest BCUT2D eigenvalue weighted by atomic mass is 35.5. The standard InChI is InChI=1S/C17H8ClF4NOS2/c18-10-4-5-13(12(8-10)17(20,21)22)23-15(24)14(26-16(23)25)7-9-2-1-3-11(19)6-9/h1-8H. The van der Waals surface area contributed by atoms with Crippen molar-refractivity contribution in [3.63, 3.8) is 0 Å². The van der Waals surface area contributed by atoms with E-state index in [2.05, 4.69) is 0 Å². The maximum atomic E-state index is 13.3. The first kappa shape index (κ1) is 18.9. The number of amides is 1. The van der Waals surface area contributed by atoms with Crippen LogP contribution in [0.1, 0.15) is 11.1 Å². The molecular weight excluding hydrogens is 410 g/mol. The molecule has 9 heteroatoms. The van der Waals surface area contributed by atoms with Crippen LogP contribution in [0.25, 0.3) is 6.08 Å². The maximum Gasteiger partial charge on any atom is 0.418 e. The summed E-state index contributed by atoms with van der Waals surface area (Å²) in [5, 5.41) is -0.109. The van der Waals surface area contributed by atoms with E-state index in [1.165, 1.54) is 30.3 Å². The molecule has 0 atom stereocenters. The first-order chi connectivity index (χ1) is 12.2. The average molecular weight is 418 g/mol. The van der Waals surface area contributed by atoms with Gasteiger partial charge in [-0.3, -0.25) is 9.69 Å². The molecule has 0 radical (unpaired) electrons. The molecule has 0 N–H and O–H groups in total. The van der Waals surface area contributed by atoms with E-state index in [0.717, 1.165) is 28.8 Å². The highest BCUT2D eigenvalue weighted by Crippen LogP contribution is 2.43. The molecule has 1 saturated heterocycles. The second-order valence-corrected chi connectivity index (χ2v) is 7.34. The lowest BCUT2D eigenvalue weighted by atomic mass is 10.1. The maximum absolute atomic E-state index is 13.3. The first-order valence-electron chi connectivity index (χ1n) is 7.07. The molecular formula is C17H8ClF4NOS2. The van der Waals surface area contributed by atoms with Crippen LogP contribution in [0, 0.1) is 5.82 Å². The van der Waals surface area contributed by atoms with E-state index in [-0.39, 0.29) is 14.2 Å². The minimum absolute atomic E-state index is 0.0505. The molecule has 0 aliphatic carbocycles. The third-order valence-corrected chi connectivity index (χ3v) is 4.98. The van der Waals surface area contributed by atoms with E-state index < -0.39 is 29.2 Å². The molecule has 1 aliphatic rings. The van der Waals surface area contributed by atoms with Crippen molar-refractivity contribution < 1.29 is 22.4 Å². The van der Waals surface area contributed by atoms with E-state index >= 15 is 0 Å². The molecule has 0 spiro atoms. The van der Waals surface area contributed by atoms with Gasteiger partial charge in [0, 0.05) is 5.02 Å². The van der Waals surface area contributed by atoms with Gasteiger partial charge in [0.1, 0.15) is 5.82 Å². The quantitative estimate of drug-likeness (QED) is 0.344. The van der Waals surface area contributed by atoms with Gasteiger partial charge >= 0.3 is 6.18 Å². The number of carbonyl (C=O) groups is 1. The van der Waals surface area contributed by atoms with Crippen molar-refractivity contribution in [2.75, 3.05) is 4.90 Å². The molecule has 3 rings (SSSR count). The summed E-state index contributed by atoms with van der Waals surface area (Å²) in [5.74, 6) is -1.21. The van der Waals surface area contributed by atoms with Gasteiger partial charge in [-0.2, -0.15) is 13.2 Å². The van der Waals surface area contributed by atoms with Crippen LogP contribution in [0.15, 0.2) is 47.4 Å². The van der Waals surface area contributed by atoms with Gasteiger partial charge in [-0.05, 0) is 42.0 Å². The van der Waals surface area contributed by atoms with E-state index in [1.54, 1.807) is 6.07 Å². The number of rotatable bonds is 2. The molecule has 26 heavy (non-hydrogen) atoms. The fourth-order valence-corrected chi connectivity index (χ4v) is 3.81. The highest BCUT2D eigenvalue weighted by molar-refractivity contribution is 8.27. The second-order valence-electron chi connectivity index (χ2n) is 5.23. The van der Waals surface area contributed by atoms with E-state index in [4.69, 9.17) is 23.8 Å². The predicted octanol–water partition coefficient (Wildman–Crippen LogP) is 5.90. The SMILES string of the molecule is O=C1C(=Cc2cccc(F)c2)SC(=S)N1c1ccc(Cl)cc1C(F)(F)F. The highest BCUT2D eigenvalue weighted by Gasteiger charge is 2.41. The van der Waals surface area contributed by atoms with E-state index in [9.17, 15) is 22.4 Å². The normalized spacial score (nSPS) is 16.7. The zero-order valence-corrected chi connectivity index (χ0v) is 15.1. The van der Waals surface area contributed by atoms with Crippen molar-refractivity contribution in [2.45, 2.75) is 6.18 Å². The lowest BCUT2D eigenvalue weighted by molar-refractivity contribution is -0.137. The van der Waals surface area contributed by atoms with Crippen molar-refractivity contribution in [2.24, 2.45) is 0 Å². The monoisotopic (exact) mass is 417 g/mol. The Morgan fingerprint density at radius 3 is 2.54 bits per heavy atom. The molecule has 2 aromatic carbocycles. The number of anilines is 1. The van der Waals surface area contributed by atoms with Crippen molar-refractivity contribution in [3.05, 3.63) is 69.3 Å². The summed E-state index contributed by atoms with van der Waals surface area (Å²) in [7, 11) is 0. The van der Waals surface area contributed by atoms with Crippen LogP contribution in [0.2, 0.25) is 5.02 Å². The van der Waals surface area contributed by atoms with Crippen LogP contribution in [0.4, 0.5) is 23.2 Å². The topological polar surface area (TPSA) is 20.3 Å². The number of thiocarbonyl (C=S) groups is 1. The predicted molar refractivity (Wildman–Crippen MR) is 98.5 cm³/mol. The molecule has 1 aliphatic heterocycles. The van der Waals surface area contributed by atoms with Gasteiger partial charge in [-0.15, -0.1) is 0 Å². The third-order valence-electron chi connectivity index (χ3n) is 3.45. The molecule has 0 bridgehead atoms. The summed E-state index contributed by atoms with van der Waals surface area (Å²) in [4.78, 5) is 13.5. The molecule has 0 unspecified atom stereocenters. The van der Waals surface area contributed by atoms with Gasteiger partial charge in [0.05, 0.1) is 16.2 Å². The lowest BCUT2D eigenvalue weighted by Gasteiger charge is -2.20. The van der Waals surface area contributed by atoms with Crippen molar-refractivity contribution in [3.8, 4) is 0 Å². The fraction of sp³-hybridized carbons (Fsp3) is 0.0588. The summed E-state index contributed by atoms with van der Waals surface area (Å²) in [6.07, 6.45) is -3.33. The molecule has 2 nitrogen and oxygen atoms in total. The largest absolute Gasteiger partial charge is 0.418 e. The van der Waals surface area contributed by atoms with Crippen LogP contribution in [0.3, 0.4) is 0 Å². The minimum Gasteiger partial charge on any atom is -0.268 e. The Hall–Kier alpha value is -1.90. The fourth-order valence-electron chi connectivity index (χ4n) is 2.35. The van der Waals surface area contributed by atoms with Crippen LogP contribution < -0.4 is 4.90 Å². The van der Waals surface area contributed by atoms with Crippen molar-refractivity contribution in [1.29, 1.82) is 0 Å². The molecule has 0 aromatic heterocycles. The van der Waals surface area contributed by atoms with Crippen LogP contribution >= 0.6 is 35.6 Å². The Morgan fingerprint density at radius 2 is 1.88 bits per heavy atom. The Balaban J connectivity index is 2.03.